The minimum atomic E-state index is -0.419. The molecule has 0 spiro atoms. The first kappa shape index (κ1) is 18.7. The number of nitrogens with zero attached hydrogens (tertiary/aromatic N) is 1. The predicted octanol–water partition coefficient (Wildman–Crippen LogP) is 1.78. The van der Waals surface area contributed by atoms with Crippen molar-refractivity contribution in [3.8, 4) is 0 Å². The SMILES string of the molecule is COCC1(C(=O)NCCCN(C)c2ccccc2F)CCNCC1. The molecular weight excluding hydrogens is 309 g/mol. The summed E-state index contributed by atoms with van der Waals surface area (Å²) in [4.78, 5) is 14.5. The van der Waals surface area contributed by atoms with Gasteiger partial charge in [0.1, 0.15) is 5.82 Å². The average Bonchev–Trinajstić information content (AvgIpc) is 2.59. The van der Waals surface area contributed by atoms with Crippen molar-refractivity contribution >= 4 is 11.6 Å². The van der Waals surface area contributed by atoms with E-state index in [0.29, 0.717) is 25.4 Å². The summed E-state index contributed by atoms with van der Waals surface area (Å²) in [6, 6.07) is 6.72. The lowest BCUT2D eigenvalue weighted by atomic mass is 9.78. The first-order chi connectivity index (χ1) is 11.6. The zero-order chi connectivity index (χ0) is 17.4. The number of anilines is 1. The van der Waals surface area contributed by atoms with Gasteiger partial charge in [0.25, 0.3) is 0 Å². The lowest BCUT2D eigenvalue weighted by Gasteiger charge is -2.35. The van der Waals surface area contributed by atoms with E-state index >= 15 is 0 Å². The largest absolute Gasteiger partial charge is 0.384 e. The molecule has 1 heterocycles. The number of carbonyl (C=O) groups is 1. The van der Waals surface area contributed by atoms with E-state index in [1.54, 1.807) is 19.2 Å². The van der Waals surface area contributed by atoms with Crippen LogP contribution in [0.2, 0.25) is 0 Å². The first-order valence-corrected chi connectivity index (χ1v) is 8.53. The van der Waals surface area contributed by atoms with E-state index in [2.05, 4.69) is 10.6 Å². The molecule has 0 atom stereocenters. The van der Waals surface area contributed by atoms with Crippen molar-refractivity contribution in [3.63, 3.8) is 0 Å². The molecule has 1 aromatic rings. The van der Waals surface area contributed by atoms with Gasteiger partial charge < -0.3 is 20.3 Å². The molecule has 1 aliphatic heterocycles. The zero-order valence-corrected chi connectivity index (χ0v) is 14.6. The number of amides is 1. The van der Waals surface area contributed by atoms with Crippen LogP contribution in [0, 0.1) is 11.2 Å². The number of ether oxygens (including phenoxy) is 1. The van der Waals surface area contributed by atoms with Crippen LogP contribution >= 0.6 is 0 Å². The Labute approximate surface area is 143 Å². The maximum Gasteiger partial charge on any atom is 0.228 e. The van der Waals surface area contributed by atoms with Crippen molar-refractivity contribution in [2.75, 3.05) is 51.8 Å². The molecule has 1 aromatic carbocycles. The van der Waals surface area contributed by atoms with Crippen molar-refractivity contribution in [1.82, 2.24) is 10.6 Å². The summed E-state index contributed by atoms with van der Waals surface area (Å²) in [5.41, 5.74) is 0.162. The summed E-state index contributed by atoms with van der Waals surface area (Å²) in [6.07, 6.45) is 2.35. The van der Waals surface area contributed by atoms with Gasteiger partial charge in [0.2, 0.25) is 5.91 Å². The molecule has 2 N–H and O–H groups in total. The molecule has 0 bridgehead atoms. The van der Waals surface area contributed by atoms with Crippen LogP contribution in [0.1, 0.15) is 19.3 Å². The summed E-state index contributed by atoms with van der Waals surface area (Å²) >= 11 is 0. The molecule has 0 aliphatic carbocycles. The minimum Gasteiger partial charge on any atom is -0.384 e. The molecule has 5 nitrogen and oxygen atoms in total. The van der Waals surface area contributed by atoms with E-state index in [-0.39, 0.29) is 11.7 Å². The lowest BCUT2D eigenvalue weighted by Crippen LogP contribution is -2.50. The Morgan fingerprint density at radius 2 is 2.08 bits per heavy atom. The predicted molar refractivity (Wildman–Crippen MR) is 93.7 cm³/mol. The molecule has 134 valence electrons. The van der Waals surface area contributed by atoms with Crippen LogP contribution in [-0.2, 0) is 9.53 Å². The Balaban J connectivity index is 1.78. The second-order valence-electron chi connectivity index (χ2n) is 6.45. The van der Waals surface area contributed by atoms with Crippen LogP contribution < -0.4 is 15.5 Å². The number of hydrogen-bond donors (Lipinski definition) is 2. The van der Waals surface area contributed by atoms with E-state index in [4.69, 9.17) is 4.74 Å². The molecule has 1 saturated heterocycles. The van der Waals surface area contributed by atoms with Crippen LogP contribution in [0.15, 0.2) is 24.3 Å². The zero-order valence-electron chi connectivity index (χ0n) is 14.6. The highest BCUT2D eigenvalue weighted by atomic mass is 19.1. The van der Waals surface area contributed by atoms with Crippen LogP contribution in [0.4, 0.5) is 10.1 Å². The fraction of sp³-hybridized carbons (Fsp3) is 0.611. The highest BCUT2D eigenvalue weighted by Gasteiger charge is 2.39. The van der Waals surface area contributed by atoms with Crippen LogP contribution in [-0.4, -0.2) is 52.9 Å². The molecule has 0 unspecified atom stereocenters. The first-order valence-electron chi connectivity index (χ1n) is 8.53. The van der Waals surface area contributed by atoms with Crippen LogP contribution in [0.25, 0.3) is 0 Å². The highest BCUT2D eigenvalue weighted by Crippen LogP contribution is 2.29. The Morgan fingerprint density at radius 3 is 2.75 bits per heavy atom. The number of halogens is 1. The maximum absolute atomic E-state index is 13.7. The lowest BCUT2D eigenvalue weighted by molar-refractivity contribution is -0.136. The standard InChI is InChI=1S/C18H28FN3O2/c1-22(16-7-4-3-6-15(16)19)13-5-10-21-17(23)18(14-24-2)8-11-20-12-9-18/h3-4,6-7,20H,5,8-14H2,1-2H3,(H,21,23). The molecule has 0 saturated carbocycles. The van der Waals surface area contributed by atoms with Gasteiger partial charge in [-0.3, -0.25) is 4.79 Å². The van der Waals surface area contributed by atoms with Crippen molar-refractivity contribution in [3.05, 3.63) is 30.1 Å². The molecular formula is C18H28FN3O2. The third-order valence-corrected chi connectivity index (χ3v) is 4.68. The highest BCUT2D eigenvalue weighted by molar-refractivity contribution is 5.83. The Bertz CT molecular complexity index is 527. The molecule has 1 fully saturated rings. The van der Waals surface area contributed by atoms with Crippen molar-refractivity contribution in [2.24, 2.45) is 5.41 Å². The summed E-state index contributed by atoms with van der Waals surface area (Å²) in [7, 11) is 3.50. The summed E-state index contributed by atoms with van der Waals surface area (Å²) in [5.74, 6) is -0.155. The summed E-state index contributed by atoms with van der Waals surface area (Å²) < 4.78 is 19.0. The average molecular weight is 337 g/mol. The number of nitrogens with one attached hydrogen (secondary N) is 2. The van der Waals surface area contributed by atoms with E-state index < -0.39 is 5.41 Å². The number of carbonyl (C=O) groups excluding carboxylic acids is 1. The smallest absolute Gasteiger partial charge is 0.228 e. The molecule has 0 radical (unpaired) electrons. The molecule has 6 heteroatoms. The van der Waals surface area contributed by atoms with E-state index in [1.807, 2.05) is 18.0 Å². The van der Waals surface area contributed by atoms with E-state index in [0.717, 1.165) is 32.4 Å². The Hall–Kier alpha value is -1.66. The number of hydrogen-bond acceptors (Lipinski definition) is 4. The Morgan fingerprint density at radius 1 is 1.38 bits per heavy atom. The summed E-state index contributed by atoms with van der Waals surface area (Å²) in [5, 5.41) is 6.31. The van der Waals surface area contributed by atoms with Gasteiger partial charge in [0, 0.05) is 27.2 Å². The van der Waals surface area contributed by atoms with Gasteiger partial charge in [-0.25, -0.2) is 4.39 Å². The number of methoxy groups -OCH3 is 1. The molecule has 2 rings (SSSR count). The normalized spacial score (nSPS) is 16.6. The van der Waals surface area contributed by atoms with Crippen molar-refractivity contribution in [1.29, 1.82) is 0 Å². The number of para-hydroxylation sites is 1. The fourth-order valence-electron chi connectivity index (χ4n) is 3.21. The van der Waals surface area contributed by atoms with Gasteiger partial charge >= 0.3 is 0 Å². The molecule has 1 aliphatic rings. The minimum absolute atomic E-state index is 0.0689. The van der Waals surface area contributed by atoms with Crippen LogP contribution in [0.5, 0.6) is 0 Å². The fourth-order valence-corrected chi connectivity index (χ4v) is 3.21. The van der Waals surface area contributed by atoms with Gasteiger partial charge in [-0.1, -0.05) is 12.1 Å². The third kappa shape index (κ3) is 4.68. The van der Waals surface area contributed by atoms with Gasteiger partial charge in [0.15, 0.2) is 0 Å². The quantitative estimate of drug-likeness (QED) is 0.710. The van der Waals surface area contributed by atoms with Gasteiger partial charge in [-0.15, -0.1) is 0 Å². The van der Waals surface area contributed by atoms with Gasteiger partial charge in [0.05, 0.1) is 17.7 Å². The van der Waals surface area contributed by atoms with Crippen molar-refractivity contribution in [2.45, 2.75) is 19.3 Å². The molecule has 1 amide bonds. The maximum atomic E-state index is 13.7. The Kier molecular flexibility index (Phi) is 6.99. The van der Waals surface area contributed by atoms with E-state index in [1.165, 1.54) is 6.07 Å². The second kappa shape index (κ2) is 8.99. The van der Waals surface area contributed by atoms with E-state index in [9.17, 15) is 9.18 Å². The molecule has 24 heavy (non-hydrogen) atoms. The number of benzene rings is 1. The monoisotopic (exact) mass is 337 g/mol. The van der Waals surface area contributed by atoms with Crippen LogP contribution in [0.3, 0.4) is 0 Å². The molecule has 0 aromatic heterocycles. The number of piperidine rings is 1. The van der Waals surface area contributed by atoms with Crippen molar-refractivity contribution < 1.29 is 13.9 Å². The van der Waals surface area contributed by atoms with Gasteiger partial charge in [-0.05, 0) is 44.5 Å². The third-order valence-electron chi connectivity index (χ3n) is 4.68. The second-order valence-corrected chi connectivity index (χ2v) is 6.45. The summed E-state index contributed by atoms with van der Waals surface area (Å²) in [6.45, 7) is 3.39. The van der Waals surface area contributed by atoms with Gasteiger partial charge in [-0.2, -0.15) is 0 Å². The number of rotatable bonds is 8. The topological polar surface area (TPSA) is 53.6 Å².